The van der Waals surface area contributed by atoms with Gasteiger partial charge < -0.3 is 25.0 Å². The largest absolute Gasteiger partial charge is 0.507 e. The number of hydrogen-bond acceptors (Lipinski definition) is 8. The Labute approximate surface area is 208 Å². The predicted molar refractivity (Wildman–Crippen MR) is 130 cm³/mol. The van der Waals surface area contributed by atoms with E-state index in [0.29, 0.717) is 18.8 Å². The van der Waals surface area contributed by atoms with Crippen LogP contribution >= 0.6 is 0 Å². The fourth-order valence-corrected chi connectivity index (χ4v) is 5.34. The number of fused-ring (bicyclic) bond motifs is 4. The number of carbonyl (C=O) groups excluding carboxylic acids is 3. The van der Waals surface area contributed by atoms with Crippen molar-refractivity contribution in [1.82, 2.24) is 5.32 Å². The van der Waals surface area contributed by atoms with E-state index in [9.17, 15) is 24.6 Å². The van der Waals surface area contributed by atoms with E-state index in [-0.39, 0.29) is 45.6 Å². The van der Waals surface area contributed by atoms with Crippen LogP contribution in [0.1, 0.15) is 59.5 Å². The molecule has 1 aliphatic carbocycles. The monoisotopic (exact) mass is 489 g/mol. The summed E-state index contributed by atoms with van der Waals surface area (Å²) >= 11 is 0. The van der Waals surface area contributed by atoms with Gasteiger partial charge in [0.05, 0.1) is 23.8 Å². The summed E-state index contributed by atoms with van der Waals surface area (Å²) in [5.41, 5.74) is 1.05. The van der Waals surface area contributed by atoms with Crippen LogP contribution in [0.25, 0.3) is 0 Å². The number of benzene rings is 2. The Bertz CT molecular complexity index is 1420. The Balaban J connectivity index is 1.54. The molecule has 0 radical (unpaired) electrons. The summed E-state index contributed by atoms with van der Waals surface area (Å²) in [5, 5.41) is 24.6. The lowest BCUT2D eigenvalue weighted by molar-refractivity contribution is -0.123. The van der Waals surface area contributed by atoms with E-state index in [1.165, 1.54) is 25.5 Å². The van der Waals surface area contributed by atoms with Gasteiger partial charge in [-0.1, -0.05) is 24.3 Å². The van der Waals surface area contributed by atoms with Crippen molar-refractivity contribution in [2.24, 2.45) is 0 Å². The number of ether oxygens (including phenoxy) is 2. The molecule has 8 nitrogen and oxygen atoms in total. The minimum absolute atomic E-state index is 0.0105. The van der Waals surface area contributed by atoms with Gasteiger partial charge in [-0.15, -0.1) is 0 Å². The summed E-state index contributed by atoms with van der Waals surface area (Å²) in [7, 11) is 0. The highest BCUT2D eigenvalue weighted by molar-refractivity contribution is 6.31. The first-order valence-electron chi connectivity index (χ1n) is 11.8. The highest BCUT2D eigenvalue weighted by atomic mass is 16.5. The first kappa shape index (κ1) is 23.8. The van der Waals surface area contributed by atoms with Crippen molar-refractivity contribution in [2.75, 3.05) is 13.2 Å². The third-order valence-corrected chi connectivity index (χ3v) is 7.40. The van der Waals surface area contributed by atoms with Crippen molar-refractivity contribution in [2.45, 2.75) is 45.6 Å². The third-order valence-electron chi connectivity index (χ3n) is 7.40. The normalized spacial score (nSPS) is 23.8. The van der Waals surface area contributed by atoms with Crippen molar-refractivity contribution in [1.29, 1.82) is 0 Å². The van der Waals surface area contributed by atoms with Crippen LogP contribution in [0.4, 0.5) is 0 Å². The second-order valence-electron chi connectivity index (χ2n) is 9.58. The number of ketones is 3. The van der Waals surface area contributed by atoms with Gasteiger partial charge in [-0.05, 0) is 45.2 Å². The van der Waals surface area contributed by atoms with E-state index in [1.807, 2.05) is 18.2 Å². The quantitative estimate of drug-likeness (QED) is 0.339. The van der Waals surface area contributed by atoms with Gasteiger partial charge >= 0.3 is 0 Å². The predicted octanol–water partition coefficient (Wildman–Crippen LogP) is 3.47. The van der Waals surface area contributed by atoms with E-state index in [0.717, 1.165) is 12.0 Å². The molecule has 0 amide bonds. The lowest BCUT2D eigenvalue weighted by atomic mass is 9.70. The van der Waals surface area contributed by atoms with Crippen LogP contribution in [0, 0.1) is 6.92 Å². The van der Waals surface area contributed by atoms with E-state index in [2.05, 4.69) is 11.4 Å². The number of carbonyl (C=O) groups is 3. The highest BCUT2D eigenvalue weighted by Crippen LogP contribution is 2.57. The molecule has 186 valence electrons. The van der Waals surface area contributed by atoms with Gasteiger partial charge in [-0.2, -0.15) is 0 Å². The SMILES string of the molecule is CC(=O)c1c(O)c(C)c(O)c2c1OC1=CC(=O)C(=C(C)NCC3OCCc4ccccc43)C(=O)[C@@]12C. The van der Waals surface area contributed by atoms with Crippen LogP contribution in [0.15, 0.2) is 47.4 Å². The number of rotatable bonds is 4. The van der Waals surface area contributed by atoms with Gasteiger partial charge in [-0.3, -0.25) is 14.4 Å². The Morgan fingerprint density at radius 3 is 2.61 bits per heavy atom. The Morgan fingerprint density at radius 2 is 1.89 bits per heavy atom. The lowest BCUT2D eigenvalue weighted by Gasteiger charge is -2.30. The van der Waals surface area contributed by atoms with E-state index >= 15 is 0 Å². The van der Waals surface area contributed by atoms with Gasteiger partial charge in [0.25, 0.3) is 0 Å². The number of hydrogen-bond donors (Lipinski definition) is 3. The third kappa shape index (κ3) is 3.28. The smallest absolute Gasteiger partial charge is 0.194 e. The van der Waals surface area contributed by atoms with Gasteiger partial charge in [0.2, 0.25) is 0 Å². The second kappa shape index (κ2) is 8.34. The lowest BCUT2D eigenvalue weighted by Crippen LogP contribution is -2.41. The molecule has 8 heteroatoms. The van der Waals surface area contributed by atoms with Crippen molar-refractivity contribution in [3.05, 3.63) is 75.2 Å². The molecule has 3 aliphatic rings. The second-order valence-corrected chi connectivity index (χ2v) is 9.58. The molecular weight excluding hydrogens is 462 g/mol. The summed E-state index contributed by atoms with van der Waals surface area (Å²) in [6.45, 7) is 6.85. The molecule has 2 heterocycles. The fourth-order valence-electron chi connectivity index (χ4n) is 5.34. The van der Waals surface area contributed by atoms with Crippen LogP contribution in [0.2, 0.25) is 0 Å². The maximum Gasteiger partial charge on any atom is 0.194 e. The number of aromatic hydroxyl groups is 2. The van der Waals surface area contributed by atoms with Gasteiger partial charge in [0, 0.05) is 23.9 Å². The van der Waals surface area contributed by atoms with Gasteiger partial charge in [0.15, 0.2) is 17.3 Å². The van der Waals surface area contributed by atoms with Crippen LogP contribution in [0.3, 0.4) is 0 Å². The fraction of sp³-hybridized carbons (Fsp3) is 0.321. The summed E-state index contributed by atoms with van der Waals surface area (Å²) in [5.74, 6) is -2.45. The average Bonchev–Trinajstić information content (AvgIpc) is 3.14. The zero-order valence-electron chi connectivity index (χ0n) is 20.5. The topological polar surface area (TPSA) is 122 Å². The minimum atomic E-state index is -1.54. The molecule has 36 heavy (non-hydrogen) atoms. The molecule has 2 aromatic rings. The molecule has 5 rings (SSSR count). The summed E-state index contributed by atoms with van der Waals surface area (Å²) in [4.78, 5) is 39.3. The first-order chi connectivity index (χ1) is 17.1. The maximum atomic E-state index is 13.9. The van der Waals surface area contributed by atoms with Crippen LogP contribution in [0.5, 0.6) is 17.2 Å². The zero-order chi connectivity index (χ0) is 25.9. The van der Waals surface area contributed by atoms with Crippen LogP contribution in [-0.2, 0) is 26.2 Å². The van der Waals surface area contributed by atoms with Gasteiger partial charge in [-0.25, -0.2) is 0 Å². The maximum absolute atomic E-state index is 13.9. The van der Waals surface area contributed by atoms with E-state index < -0.39 is 28.5 Å². The molecule has 0 fully saturated rings. The van der Waals surface area contributed by atoms with Crippen molar-refractivity contribution < 1.29 is 34.1 Å². The molecule has 3 N–H and O–H groups in total. The molecule has 1 unspecified atom stereocenters. The van der Waals surface area contributed by atoms with Gasteiger partial charge in [0.1, 0.15) is 34.0 Å². The number of phenols is 2. The summed E-state index contributed by atoms with van der Waals surface area (Å²) in [6, 6.07) is 8.01. The molecule has 0 aromatic heterocycles. The Hall–Kier alpha value is -3.91. The van der Waals surface area contributed by atoms with E-state index in [1.54, 1.807) is 13.8 Å². The molecule has 2 aromatic carbocycles. The first-order valence-corrected chi connectivity index (χ1v) is 11.8. The highest BCUT2D eigenvalue weighted by Gasteiger charge is 2.56. The number of nitrogens with one attached hydrogen (secondary N) is 1. The molecule has 0 saturated heterocycles. The Morgan fingerprint density at radius 1 is 1.17 bits per heavy atom. The molecular formula is C28H27NO7. The minimum Gasteiger partial charge on any atom is -0.507 e. The molecule has 0 spiro atoms. The molecule has 0 bridgehead atoms. The summed E-state index contributed by atoms with van der Waals surface area (Å²) in [6.07, 6.45) is 1.81. The Kier molecular flexibility index (Phi) is 5.52. The summed E-state index contributed by atoms with van der Waals surface area (Å²) < 4.78 is 11.7. The molecule has 2 aliphatic heterocycles. The van der Waals surface area contributed by atoms with Crippen LogP contribution < -0.4 is 10.1 Å². The zero-order valence-corrected chi connectivity index (χ0v) is 20.5. The standard InChI is InChI=1S/C28H27NO7/c1-13-24(32)22(15(3)30)26-23(25(13)33)28(4)20(36-26)11-18(31)21(27(28)34)14(2)29-12-19-17-8-6-5-7-16(17)9-10-35-19/h5-8,11,19,29,32-33H,9-10,12H2,1-4H3/t19?,28-/m0/s1. The van der Waals surface area contributed by atoms with E-state index in [4.69, 9.17) is 9.47 Å². The molecule has 2 atom stereocenters. The van der Waals surface area contributed by atoms with Crippen molar-refractivity contribution in [3.63, 3.8) is 0 Å². The van der Waals surface area contributed by atoms with Crippen molar-refractivity contribution >= 4 is 17.3 Å². The van der Waals surface area contributed by atoms with Crippen molar-refractivity contribution in [3.8, 4) is 17.2 Å². The molecule has 0 saturated carbocycles. The average molecular weight is 490 g/mol. The van der Waals surface area contributed by atoms with Crippen LogP contribution in [-0.4, -0.2) is 40.7 Å². The number of allylic oxidation sites excluding steroid dienone is 4. The number of phenolic OH excluding ortho intramolecular Hbond substituents is 2. The number of Topliss-reactive ketones (excluding diaryl/α,β-unsaturated/α-hetero) is 2.